The van der Waals surface area contributed by atoms with E-state index in [1.807, 2.05) is 4.31 Å². The first kappa shape index (κ1) is 22.1. The number of sulfonamides is 1. The van der Waals surface area contributed by atoms with Crippen molar-refractivity contribution < 1.29 is 17.9 Å². The first-order valence-corrected chi connectivity index (χ1v) is 12.6. The second kappa shape index (κ2) is 10.4. The minimum absolute atomic E-state index is 0.0398. The Morgan fingerprint density at radius 2 is 1.48 bits per heavy atom. The van der Waals surface area contributed by atoms with Crippen molar-refractivity contribution in [2.45, 2.75) is 76.3 Å². The van der Waals surface area contributed by atoms with E-state index in [0.29, 0.717) is 11.3 Å². The third-order valence-corrected chi connectivity index (χ3v) is 8.15. The normalized spacial score (nSPS) is 19.2. The molecule has 29 heavy (non-hydrogen) atoms. The van der Waals surface area contributed by atoms with Crippen LogP contribution in [0.2, 0.25) is 0 Å². The summed E-state index contributed by atoms with van der Waals surface area (Å²) in [6, 6.07) is 7.07. The molecule has 1 aromatic carbocycles. The van der Waals surface area contributed by atoms with Gasteiger partial charge < -0.3 is 10.1 Å². The van der Waals surface area contributed by atoms with Crippen molar-refractivity contribution in [3.63, 3.8) is 0 Å². The molecule has 2 fully saturated rings. The van der Waals surface area contributed by atoms with E-state index in [0.717, 1.165) is 51.4 Å². The average Bonchev–Trinajstić information content (AvgIpc) is 2.75. The van der Waals surface area contributed by atoms with E-state index in [-0.39, 0.29) is 30.3 Å². The average molecular weight is 423 g/mol. The van der Waals surface area contributed by atoms with Gasteiger partial charge in [-0.05, 0) is 49.9 Å². The number of hydrogen-bond donors (Lipinski definition) is 1. The predicted octanol–water partition coefficient (Wildman–Crippen LogP) is 3.72. The fourth-order valence-electron chi connectivity index (χ4n) is 4.67. The Kier molecular flexibility index (Phi) is 7.95. The van der Waals surface area contributed by atoms with E-state index >= 15 is 0 Å². The predicted molar refractivity (Wildman–Crippen MR) is 115 cm³/mol. The minimum Gasteiger partial charge on any atom is -0.497 e. The van der Waals surface area contributed by atoms with Gasteiger partial charge in [0.15, 0.2) is 0 Å². The number of nitrogens with zero attached hydrogens (tertiary/aromatic N) is 1. The van der Waals surface area contributed by atoms with Crippen LogP contribution in [0.25, 0.3) is 0 Å². The van der Waals surface area contributed by atoms with Gasteiger partial charge in [0.1, 0.15) is 5.75 Å². The molecule has 0 radical (unpaired) electrons. The molecule has 0 bridgehead atoms. The summed E-state index contributed by atoms with van der Waals surface area (Å²) >= 11 is 0. The molecule has 1 N–H and O–H groups in total. The summed E-state index contributed by atoms with van der Waals surface area (Å²) in [6.07, 6.45) is 10.7. The van der Waals surface area contributed by atoms with Crippen LogP contribution in [0.5, 0.6) is 5.75 Å². The Bertz CT molecular complexity index is 734. The van der Waals surface area contributed by atoms with Crippen LogP contribution in [0.4, 0.5) is 0 Å². The van der Waals surface area contributed by atoms with E-state index in [1.54, 1.807) is 31.4 Å². The topological polar surface area (TPSA) is 75.7 Å². The summed E-state index contributed by atoms with van der Waals surface area (Å²) < 4.78 is 33.5. The Morgan fingerprint density at radius 1 is 0.966 bits per heavy atom. The van der Waals surface area contributed by atoms with Crippen LogP contribution >= 0.6 is 0 Å². The number of carbonyl (C=O) groups excluding carboxylic acids is 1. The van der Waals surface area contributed by atoms with Crippen molar-refractivity contribution in [1.29, 1.82) is 0 Å². The molecule has 2 saturated carbocycles. The number of carbonyl (C=O) groups is 1. The summed E-state index contributed by atoms with van der Waals surface area (Å²) in [4.78, 5) is 12.3. The highest BCUT2D eigenvalue weighted by Crippen LogP contribution is 2.32. The Morgan fingerprint density at radius 3 is 1.97 bits per heavy atom. The molecule has 1 aromatic rings. The van der Waals surface area contributed by atoms with Crippen LogP contribution in [0.1, 0.15) is 74.6 Å². The molecule has 0 unspecified atom stereocenters. The van der Waals surface area contributed by atoms with Crippen molar-refractivity contribution in [3.05, 3.63) is 29.8 Å². The molecule has 0 atom stereocenters. The molecule has 2 aliphatic rings. The van der Waals surface area contributed by atoms with Crippen LogP contribution in [-0.4, -0.2) is 50.1 Å². The van der Waals surface area contributed by atoms with Crippen molar-refractivity contribution in [2.24, 2.45) is 0 Å². The summed E-state index contributed by atoms with van der Waals surface area (Å²) in [7, 11) is -1.84. The maximum absolute atomic E-state index is 13.3. The minimum atomic E-state index is -3.41. The number of hydrogen-bond acceptors (Lipinski definition) is 4. The highest BCUT2D eigenvalue weighted by molar-refractivity contribution is 7.89. The lowest BCUT2D eigenvalue weighted by Crippen LogP contribution is -2.50. The molecule has 7 heteroatoms. The highest BCUT2D eigenvalue weighted by Gasteiger charge is 2.36. The molecule has 0 saturated heterocycles. The van der Waals surface area contributed by atoms with Crippen LogP contribution in [0, 0.1) is 0 Å². The second-order valence-electron chi connectivity index (χ2n) is 8.21. The molecule has 162 valence electrons. The number of nitrogens with one attached hydrogen (secondary N) is 1. The van der Waals surface area contributed by atoms with Crippen LogP contribution in [0.15, 0.2) is 24.3 Å². The molecule has 0 heterocycles. The zero-order valence-corrected chi connectivity index (χ0v) is 18.3. The van der Waals surface area contributed by atoms with Crippen LogP contribution in [0.3, 0.4) is 0 Å². The highest BCUT2D eigenvalue weighted by atomic mass is 32.2. The zero-order valence-electron chi connectivity index (χ0n) is 17.4. The fourth-order valence-corrected chi connectivity index (χ4v) is 6.57. The van der Waals surface area contributed by atoms with Gasteiger partial charge in [-0.25, -0.2) is 8.42 Å². The number of ether oxygens (including phenoxy) is 1. The molecule has 6 nitrogen and oxygen atoms in total. The molecule has 0 aromatic heterocycles. The number of amides is 1. The van der Waals surface area contributed by atoms with Gasteiger partial charge in [-0.2, -0.15) is 4.31 Å². The van der Waals surface area contributed by atoms with Gasteiger partial charge in [-0.3, -0.25) is 4.79 Å². The third-order valence-electron chi connectivity index (χ3n) is 6.19. The maximum Gasteiger partial charge on any atom is 0.251 e. The summed E-state index contributed by atoms with van der Waals surface area (Å²) in [6.45, 7) is 0.128. The van der Waals surface area contributed by atoms with Crippen molar-refractivity contribution >= 4 is 15.9 Å². The summed E-state index contributed by atoms with van der Waals surface area (Å²) in [5.41, 5.74) is 0.500. The maximum atomic E-state index is 13.3. The van der Waals surface area contributed by atoms with Gasteiger partial charge in [0.25, 0.3) is 5.91 Å². The second-order valence-corrected chi connectivity index (χ2v) is 10.2. The summed E-state index contributed by atoms with van der Waals surface area (Å²) in [5.74, 6) is 0.381. The standard InChI is InChI=1S/C22H34N2O4S/c1-28-21-14-12-18(13-15-21)22(25)23-16-17-29(26,27)24(19-8-4-2-5-9-19)20-10-6-3-7-11-20/h12-15,19-20H,2-11,16-17H2,1H3,(H,23,25). The molecule has 3 rings (SSSR count). The molecule has 2 aliphatic carbocycles. The molecular formula is C22H34N2O4S. The van der Waals surface area contributed by atoms with Crippen molar-refractivity contribution in [3.8, 4) is 5.75 Å². The lowest BCUT2D eigenvalue weighted by molar-refractivity contribution is 0.0956. The molecule has 0 spiro atoms. The van der Waals surface area contributed by atoms with E-state index in [9.17, 15) is 13.2 Å². The van der Waals surface area contributed by atoms with Crippen LogP contribution < -0.4 is 10.1 Å². The lowest BCUT2D eigenvalue weighted by atomic mass is 9.91. The van der Waals surface area contributed by atoms with Gasteiger partial charge in [-0.1, -0.05) is 38.5 Å². The van der Waals surface area contributed by atoms with Gasteiger partial charge in [0, 0.05) is 24.2 Å². The third kappa shape index (κ3) is 5.95. The first-order chi connectivity index (χ1) is 14.0. The van der Waals surface area contributed by atoms with Gasteiger partial charge >= 0.3 is 0 Å². The van der Waals surface area contributed by atoms with Gasteiger partial charge in [0.05, 0.1) is 12.9 Å². The van der Waals surface area contributed by atoms with Crippen molar-refractivity contribution in [2.75, 3.05) is 19.4 Å². The fraction of sp³-hybridized carbons (Fsp3) is 0.682. The Balaban J connectivity index is 1.61. The lowest BCUT2D eigenvalue weighted by Gasteiger charge is -2.40. The monoisotopic (exact) mass is 422 g/mol. The number of benzene rings is 1. The largest absolute Gasteiger partial charge is 0.497 e. The number of methoxy groups -OCH3 is 1. The molecule has 1 amide bonds. The molecular weight excluding hydrogens is 388 g/mol. The smallest absolute Gasteiger partial charge is 0.251 e. The van der Waals surface area contributed by atoms with Gasteiger partial charge in [-0.15, -0.1) is 0 Å². The summed E-state index contributed by atoms with van der Waals surface area (Å²) in [5, 5.41) is 2.77. The number of rotatable bonds is 8. The Hall–Kier alpha value is -1.60. The SMILES string of the molecule is COc1ccc(C(=O)NCCS(=O)(=O)N(C2CCCCC2)C2CCCCC2)cc1. The van der Waals surface area contributed by atoms with E-state index < -0.39 is 10.0 Å². The molecule has 0 aliphatic heterocycles. The van der Waals surface area contributed by atoms with E-state index in [4.69, 9.17) is 4.74 Å². The van der Waals surface area contributed by atoms with E-state index in [2.05, 4.69) is 5.32 Å². The van der Waals surface area contributed by atoms with Crippen molar-refractivity contribution in [1.82, 2.24) is 9.62 Å². The van der Waals surface area contributed by atoms with E-state index in [1.165, 1.54) is 12.8 Å². The van der Waals surface area contributed by atoms with Gasteiger partial charge in [0.2, 0.25) is 10.0 Å². The quantitative estimate of drug-likeness (QED) is 0.693. The Labute approximate surface area is 175 Å². The first-order valence-electron chi connectivity index (χ1n) is 10.9. The zero-order chi connectivity index (χ0) is 20.7. The van der Waals surface area contributed by atoms with Crippen LogP contribution in [-0.2, 0) is 10.0 Å².